The Morgan fingerprint density at radius 2 is 2.27 bits per heavy atom. The van der Waals surface area contributed by atoms with Gasteiger partial charge in [0, 0.05) is 6.08 Å². The highest BCUT2D eigenvalue weighted by molar-refractivity contribution is 7.39. The molecule has 0 spiro atoms. The molecule has 0 radical (unpaired) electrons. The molecule has 1 unspecified atom stereocenters. The van der Waals surface area contributed by atoms with Gasteiger partial charge in [-0.25, -0.2) is 4.79 Å². The van der Waals surface area contributed by atoms with E-state index < -0.39 is 20.7 Å². The lowest BCUT2D eigenvalue weighted by atomic mass is 10.2. The maximum Gasteiger partial charge on any atom is 0.330 e. The molecule has 0 aromatic heterocycles. The highest BCUT2D eigenvalue weighted by atomic mass is 31.2. The van der Waals surface area contributed by atoms with Crippen molar-refractivity contribution in [2.45, 2.75) is 32.3 Å². The van der Waals surface area contributed by atoms with Gasteiger partial charge in [0.05, 0.1) is 6.61 Å². The molecule has 0 rings (SSSR count). The van der Waals surface area contributed by atoms with E-state index >= 15 is 0 Å². The second-order valence-electron chi connectivity index (χ2n) is 2.95. The fourth-order valence-electron chi connectivity index (χ4n) is 0.970. The zero-order valence-corrected chi connectivity index (χ0v) is 9.65. The van der Waals surface area contributed by atoms with Crippen LogP contribution in [-0.2, 0) is 14.1 Å². The van der Waals surface area contributed by atoms with Crippen molar-refractivity contribution < 1.29 is 23.8 Å². The van der Waals surface area contributed by atoms with Crippen molar-refractivity contribution in [2.24, 2.45) is 0 Å². The van der Waals surface area contributed by atoms with Gasteiger partial charge in [-0.15, -0.1) is 0 Å². The zero-order chi connectivity index (χ0) is 11.7. The summed E-state index contributed by atoms with van der Waals surface area (Å²) < 4.78 is 9.57. The first-order valence-electron chi connectivity index (χ1n) is 4.74. The first kappa shape index (κ1) is 14.5. The monoisotopic (exact) mass is 236 g/mol. The summed E-state index contributed by atoms with van der Waals surface area (Å²) in [6.45, 7) is 5.29. The largest absolute Gasteiger partial charge is 0.457 e. The lowest BCUT2D eigenvalue weighted by Crippen LogP contribution is -2.21. The smallest absolute Gasteiger partial charge is 0.330 e. The van der Waals surface area contributed by atoms with E-state index in [2.05, 4.69) is 11.1 Å². The lowest BCUT2D eigenvalue weighted by molar-refractivity contribution is -0.145. The second kappa shape index (κ2) is 8.80. The van der Waals surface area contributed by atoms with E-state index in [1.54, 1.807) is 0 Å². The van der Waals surface area contributed by atoms with Gasteiger partial charge >= 0.3 is 14.6 Å². The minimum atomic E-state index is -2.39. The van der Waals surface area contributed by atoms with Crippen LogP contribution < -0.4 is 0 Å². The third-order valence-corrected chi connectivity index (χ3v) is 2.09. The Hall–Kier alpha value is -0.480. The molecular weight excluding hydrogens is 219 g/mol. The summed E-state index contributed by atoms with van der Waals surface area (Å²) in [5.41, 5.74) is 0. The number of esters is 1. The summed E-state index contributed by atoms with van der Waals surface area (Å²) in [6.07, 6.45) is 3.11. The summed E-state index contributed by atoms with van der Waals surface area (Å²) in [5.74, 6) is -0.528. The average Bonchev–Trinajstić information content (AvgIpc) is 2.21. The molecule has 0 heterocycles. The molecule has 88 valence electrons. The number of unbranched alkanes of at least 4 members (excludes halogenated alkanes) is 1. The molecule has 0 saturated heterocycles. The lowest BCUT2D eigenvalue weighted by Gasteiger charge is -2.16. The Bertz CT molecular complexity index is 195. The predicted molar refractivity (Wildman–Crippen MR) is 56.9 cm³/mol. The summed E-state index contributed by atoms with van der Waals surface area (Å²) in [4.78, 5) is 28.0. The quantitative estimate of drug-likeness (QED) is 0.379. The summed E-state index contributed by atoms with van der Waals surface area (Å²) in [5, 5.41) is 0. The van der Waals surface area contributed by atoms with E-state index in [-0.39, 0.29) is 6.61 Å². The van der Waals surface area contributed by atoms with Crippen LogP contribution in [0.2, 0.25) is 0 Å². The van der Waals surface area contributed by atoms with Gasteiger partial charge in [-0.3, -0.25) is 0 Å². The van der Waals surface area contributed by atoms with Crippen LogP contribution in [0.4, 0.5) is 0 Å². The van der Waals surface area contributed by atoms with Crippen LogP contribution in [0, 0.1) is 0 Å². The van der Waals surface area contributed by atoms with Crippen molar-refractivity contribution in [1.29, 1.82) is 0 Å². The van der Waals surface area contributed by atoms with Gasteiger partial charge in [-0.05, 0) is 12.8 Å². The zero-order valence-electron chi connectivity index (χ0n) is 8.76. The first-order valence-corrected chi connectivity index (χ1v) is 5.90. The number of hydrogen-bond acceptors (Lipinski definition) is 5. The van der Waals surface area contributed by atoms with E-state index in [0.717, 1.165) is 18.9 Å². The maximum atomic E-state index is 10.9. The molecule has 0 aliphatic heterocycles. The topological polar surface area (TPSA) is 76.0 Å². The Balaban J connectivity index is 3.93. The van der Waals surface area contributed by atoms with Crippen LogP contribution in [0.5, 0.6) is 0 Å². The Morgan fingerprint density at radius 1 is 1.60 bits per heavy atom. The fourth-order valence-corrected chi connectivity index (χ4v) is 1.27. The van der Waals surface area contributed by atoms with Crippen LogP contribution >= 0.6 is 8.60 Å². The van der Waals surface area contributed by atoms with Crippen LogP contribution in [-0.4, -0.2) is 28.5 Å². The summed E-state index contributed by atoms with van der Waals surface area (Å²) in [6, 6.07) is 0. The van der Waals surface area contributed by atoms with Crippen LogP contribution in [0.3, 0.4) is 0 Å². The van der Waals surface area contributed by atoms with Crippen LogP contribution in [0.15, 0.2) is 12.7 Å². The molecule has 0 fully saturated rings. The highest BCUT2D eigenvalue weighted by Crippen LogP contribution is 2.25. The van der Waals surface area contributed by atoms with Crippen molar-refractivity contribution in [1.82, 2.24) is 0 Å². The maximum absolute atomic E-state index is 10.9. The van der Waals surface area contributed by atoms with Gasteiger partial charge in [0.15, 0.2) is 0 Å². The van der Waals surface area contributed by atoms with E-state index in [1.807, 2.05) is 6.92 Å². The SMILES string of the molecule is C=CC(=O)OC(CCCC)COP(O)O. The molecule has 0 aromatic rings. The molecule has 0 bridgehead atoms. The first-order chi connectivity index (χ1) is 7.10. The second-order valence-corrected chi connectivity index (χ2v) is 3.72. The minimum absolute atomic E-state index is 0.00170. The van der Waals surface area contributed by atoms with E-state index in [4.69, 9.17) is 14.5 Å². The van der Waals surface area contributed by atoms with Gasteiger partial charge in [0.25, 0.3) is 0 Å². The van der Waals surface area contributed by atoms with E-state index in [1.165, 1.54) is 0 Å². The molecule has 0 aliphatic carbocycles. The van der Waals surface area contributed by atoms with Crippen molar-refractivity contribution in [2.75, 3.05) is 6.61 Å². The predicted octanol–water partition coefficient (Wildman–Crippen LogP) is 1.50. The van der Waals surface area contributed by atoms with Gasteiger partial charge in [-0.1, -0.05) is 19.9 Å². The molecule has 0 aliphatic rings. The van der Waals surface area contributed by atoms with E-state index in [0.29, 0.717) is 6.42 Å². The summed E-state index contributed by atoms with van der Waals surface area (Å²) in [7, 11) is -2.39. The van der Waals surface area contributed by atoms with Crippen LogP contribution in [0.25, 0.3) is 0 Å². The standard InChI is InChI=1S/C9H17O5P/c1-3-5-6-8(7-13-15(11)12)14-9(10)4-2/h4,8,11-12H,2-3,5-7H2,1H3. The van der Waals surface area contributed by atoms with Crippen molar-refractivity contribution in [3.63, 3.8) is 0 Å². The number of rotatable bonds is 8. The number of hydrogen-bond donors (Lipinski definition) is 2. The molecule has 6 heteroatoms. The van der Waals surface area contributed by atoms with E-state index in [9.17, 15) is 4.79 Å². The Morgan fingerprint density at radius 3 is 2.73 bits per heavy atom. The molecule has 0 amide bonds. The number of ether oxygens (including phenoxy) is 1. The van der Waals surface area contributed by atoms with Gasteiger partial charge < -0.3 is 19.0 Å². The molecule has 5 nitrogen and oxygen atoms in total. The number of carbonyl (C=O) groups excluding carboxylic acids is 1. The molecule has 15 heavy (non-hydrogen) atoms. The summed E-state index contributed by atoms with van der Waals surface area (Å²) >= 11 is 0. The molecule has 0 aromatic carbocycles. The average molecular weight is 236 g/mol. The van der Waals surface area contributed by atoms with Gasteiger partial charge in [-0.2, -0.15) is 0 Å². The van der Waals surface area contributed by atoms with Crippen molar-refractivity contribution in [3.05, 3.63) is 12.7 Å². The number of carbonyl (C=O) groups is 1. The van der Waals surface area contributed by atoms with Crippen molar-refractivity contribution >= 4 is 14.6 Å². The third-order valence-electron chi connectivity index (χ3n) is 1.71. The molecule has 1 atom stereocenters. The van der Waals surface area contributed by atoms with Gasteiger partial charge in [0.2, 0.25) is 0 Å². The Kier molecular flexibility index (Phi) is 8.52. The molecular formula is C9H17O5P. The van der Waals surface area contributed by atoms with Gasteiger partial charge in [0.1, 0.15) is 6.10 Å². The molecule has 0 saturated carbocycles. The normalized spacial score (nSPS) is 12.5. The fraction of sp³-hybridized carbons (Fsp3) is 0.667. The Labute approximate surface area is 90.7 Å². The minimum Gasteiger partial charge on any atom is -0.457 e. The van der Waals surface area contributed by atoms with Crippen molar-refractivity contribution in [3.8, 4) is 0 Å². The van der Waals surface area contributed by atoms with Crippen LogP contribution in [0.1, 0.15) is 26.2 Å². The third kappa shape index (κ3) is 8.51. The molecule has 2 N–H and O–H groups in total. The highest BCUT2D eigenvalue weighted by Gasteiger charge is 2.14.